The van der Waals surface area contributed by atoms with Gasteiger partial charge in [-0.15, -0.1) is 0 Å². The van der Waals surface area contributed by atoms with Crippen LogP contribution in [0.1, 0.15) is 0 Å². The third-order valence-electron chi connectivity index (χ3n) is 8.98. The number of hydrogen-bond donors (Lipinski definition) is 0. The minimum atomic E-state index is 0.0765. The molecular formula is C36H21BN2O. The Morgan fingerprint density at radius 2 is 1.05 bits per heavy atom. The number of para-hydroxylation sites is 3. The van der Waals surface area contributed by atoms with Crippen LogP contribution in [-0.4, -0.2) is 11.4 Å². The van der Waals surface area contributed by atoms with Crippen LogP contribution in [-0.2, 0) is 0 Å². The first-order chi connectivity index (χ1) is 19.9. The molecule has 0 atom stereocenters. The molecule has 40 heavy (non-hydrogen) atoms. The van der Waals surface area contributed by atoms with Crippen molar-refractivity contribution < 1.29 is 4.74 Å². The molecule has 3 aliphatic heterocycles. The molecule has 0 unspecified atom stereocenters. The van der Waals surface area contributed by atoms with Gasteiger partial charge >= 0.3 is 6.85 Å². The van der Waals surface area contributed by atoms with Gasteiger partial charge in [-0.25, -0.2) is 0 Å². The van der Waals surface area contributed by atoms with Crippen LogP contribution in [0.4, 0.5) is 11.4 Å². The van der Waals surface area contributed by atoms with Gasteiger partial charge in [-0.2, -0.15) is 0 Å². The van der Waals surface area contributed by atoms with E-state index < -0.39 is 0 Å². The molecule has 0 N–H and O–H groups in total. The molecular weight excluding hydrogens is 487 g/mol. The molecule has 184 valence electrons. The van der Waals surface area contributed by atoms with E-state index in [1.54, 1.807) is 0 Å². The summed E-state index contributed by atoms with van der Waals surface area (Å²) in [7, 11) is 0. The van der Waals surface area contributed by atoms with Crippen LogP contribution in [0.25, 0.3) is 49.7 Å². The highest BCUT2D eigenvalue weighted by atomic mass is 16.5. The fourth-order valence-electron chi connectivity index (χ4n) is 7.43. The average Bonchev–Trinajstić information content (AvgIpc) is 3.35. The summed E-state index contributed by atoms with van der Waals surface area (Å²) in [5.41, 5.74) is 13.6. The first-order valence-electron chi connectivity index (χ1n) is 13.8. The number of fused-ring (bicyclic) bond motifs is 9. The van der Waals surface area contributed by atoms with Crippen molar-refractivity contribution in [1.29, 1.82) is 0 Å². The van der Waals surface area contributed by atoms with Gasteiger partial charge in [0.2, 0.25) is 0 Å². The molecule has 0 bridgehead atoms. The molecule has 0 radical (unpaired) electrons. The summed E-state index contributed by atoms with van der Waals surface area (Å²) in [5.74, 6) is 1.90. The molecule has 0 saturated carbocycles. The minimum absolute atomic E-state index is 0.0765. The van der Waals surface area contributed by atoms with Gasteiger partial charge in [0, 0.05) is 49.9 Å². The molecule has 3 aliphatic rings. The molecule has 7 aromatic rings. The molecule has 1 aromatic heterocycles. The molecule has 3 nitrogen and oxygen atoms in total. The van der Waals surface area contributed by atoms with E-state index in [1.165, 1.54) is 66.4 Å². The zero-order valence-electron chi connectivity index (χ0n) is 21.5. The maximum atomic E-state index is 6.60. The highest BCUT2D eigenvalue weighted by molar-refractivity contribution is 6.94. The third kappa shape index (κ3) is 2.43. The summed E-state index contributed by atoms with van der Waals surface area (Å²) in [4.78, 5) is 2.54. The van der Waals surface area contributed by atoms with Gasteiger partial charge in [-0.1, -0.05) is 78.9 Å². The monoisotopic (exact) mass is 508 g/mol. The first kappa shape index (κ1) is 20.7. The van der Waals surface area contributed by atoms with Gasteiger partial charge < -0.3 is 14.1 Å². The quantitative estimate of drug-likeness (QED) is 0.211. The number of hydrogen-bond acceptors (Lipinski definition) is 2. The Balaban J connectivity index is 1.30. The second-order valence-electron chi connectivity index (χ2n) is 10.9. The van der Waals surface area contributed by atoms with Crippen LogP contribution in [0.2, 0.25) is 0 Å². The Labute approximate surface area is 231 Å². The fourth-order valence-corrected chi connectivity index (χ4v) is 7.43. The number of rotatable bonds is 1. The Bertz CT molecular complexity index is 2180. The van der Waals surface area contributed by atoms with Crippen molar-refractivity contribution in [3.63, 3.8) is 0 Å². The van der Waals surface area contributed by atoms with E-state index in [1.807, 2.05) is 0 Å². The van der Waals surface area contributed by atoms with Gasteiger partial charge in [0.15, 0.2) is 0 Å². The standard InChI is InChI=1S/C36H21BN2O/c1-4-14-29-23(9-1)24-10-2-5-15-30(24)38(29)22-19-20-32-28(21-22)27-13-8-18-34-36(27)37-35-26(12-7-17-33(35)40-34)25-11-3-6-16-31(25)39(32)37/h1-21H. The number of benzene rings is 6. The second-order valence-corrected chi connectivity index (χ2v) is 10.9. The smallest absolute Gasteiger partial charge is 0.337 e. The van der Waals surface area contributed by atoms with E-state index in [-0.39, 0.29) is 6.85 Å². The van der Waals surface area contributed by atoms with Crippen LogP contribution >= 0.6 is 0 Å². The Hall–Kier alpha value is -5.22. The molecule has 10 rings (SSSR count). The lowest BCUT2D eigenvalue weighted by molar-refractivity contribution is 0.487. The lowest BCUT2D eigenvalue weighted by Crippen LogP contribution is -2.61. The predicted octanol–water partition coefficient (Wildman–Crippen LogP) is 7.79. The molecule has 0 aliphatic carbocycles. The molecule has 0 amide bonds. The summed E-state index contributed by atoms with van der Waals surface area (Å²) in [6.45, 7) is 0.0765. The van der Waals surface area contributed by atoms with E-state index in [9.17, 15) is 0 Å². The number of aromatic nitrogens is 1. The number of anilines is 2. The van der Waals surface area contributed by atoms with E-state index in [2.05, 4.69) is 137 Å². The summed E-state index contributed by atoms with van der Waals surface area (Å²) in [6, 6.07) is 46.2. The number of ether oxygens (including phenoxy) is 1. The fraction of sp³-hybridized carbons (Fsp3) is 0. The molecule has 4 heteroatoms. The molecule has 0 fully saturated rings. The highest BCUT2D eigenvalue weighted by Crippen LogP contribution is 2.50. The van der Waals surface area contributed by atoms with Crippen molar-refractivity contribution in [3.05, 3.63) is 127 Å². The average molecular weight is 508 g/mol. The van der Waals surface area contributed by atoms with Crippen LogP contribution in [0.15, 0.2) is 127 Å². The van der Waals surface area contributed by atoms with Crippen molar-refractivity contribution in [2.75, 3.05) is 4.81 Å². The van der Waals surface area contributed by atoms with Crippen LogP contribution in [0, 0.1) is 0 Å². The van der Waals surface area contributed by atoms with Crippen LogP contribution < -0.4 is 20.5 Å². The zero-order valence-corrected chi connectivity index (χ0v) is 21.5. The Kier molecular flexibility index (Phi) is 3.75. The van der Waals surface area contributed by atoms with E-state index >= 15 is 0 Å². The highest BCUT2D eigenvalue weighted by Gasteiger charge is 2.47. The molecule has 0 saturated heterocycles. The number of nitrogens with zero attached hydrogens (tertiary/aromatic N) is 2. The van der Waals surface area contributed by atoms with Crippen molar-refractivity contribution in [2.24, 2.45) is 0 Å². The van der Waals surface area contributed by atoms with E-state index in [4.69, 9.17) is 4.74 Å². The Morgan fingerprint density at radius 3 is 1.77 bits per heavy atom. The lowest BCUT2D eigenvalue weighted by atomic mass is 9.42. The topological polar surface area (TPSA) is 17.4 Å². The summed E-state index contributed by atoms with van der Waals surface area (Å²) in [5, 5.41) is 2.55. The second kappa shape index (κ2) is 7.25. The molecule has 0 spiro atoms. The van der Waals surface area contributed by atoms with Gasteiger partial charge in [-0.05, 0) is 59.7 Å². The van der Waals surface area contributed by atoms with Gasteiger partial charge in [-0.3, -0.25) is 0 Å². The van der Waals surface area contributed by atoms with Crippen molar-refractivity contribution >= 4 is 51.0 Å². The zero-order chi connectivity index (χ0) is 25.9. The summed E-state index contributed by atoms with van der Waals surface area (Å²) in [6.07, 6.45) is 0. The van der Waals surface area contributed by atoms with Gasteiger partial charge in [0.05, 0.1) is 11.0 Å². The largest absolute Gasteiger partial charge is 0.458 e. The van der Waals surface area contributed by atoms with E-state index in [0.29, 0.717) is 0 Å². The maximum Gasteiger partial charge on any atom is 0.337 e. The molecule has 4 heterocycles. The van der Waals surface area contributed by atoms with Crippen molar-refractivity contribution in [1.82, 2.24) is 4.57 Å². The SMILES string of the molecule is c1ccc2c(c1)-c1cccc3c1B1c4c(cccc4-c4cc(-n5c6ccccc6c6ccccc65)ccc4N12)O3. The minimum Gasteiger partial charge on any atom is -0.458 e. The van der Waals surface area contributed by atoms with Crippen LogP contribution in [0.3, 0.4) is 0 Å². The lowest BCUT2D eigenvalue weighted by Gasteiger charge is -2.46. The normalized spacial score (nSPS) is 13.6. The summed E-state index contributed by atoms with van der Waals surface area (Å²) >= 11 is 0. The van der Waals surface area contributed by atoms with Crippen LogP contribution in [0.5, 0.6) is 11.5 Å². The summed E-state index contributed by atoms with van der Waals surface area (Å²) < 4.78 is 9.01. The molecule has 6 aromatic carbocycles. The first-order valence-corrected chi connectivity index (χ1v) is 13.8. The van der Waals surface area contributed by atoms with Crippen molar-refractivity contribution in [3.8, 4) is 39.4 Å². The third-order valence-corrected chi connectivity index (χ3v) is 8.98. The van der Waals surface area contributed by atoms with Gasteiger partial charge in [0.1, 0.15) is 11.5 Å². The van der Waals surface area contributed by atoms with E-state index in [0.717, 1.165) is 17.2 Å². The maximum absolute atomic E-state index is 6.60. The van der Waals surface area contributed by atoms with Gasteiger partial charge in [0.25, 0.3) is 0 Å². The Morgan fingerprint density at radius 1 is 0.475 bits per heavy atom. The van der Waals surface area contributed by atoms with Crippen molar-refractivity contribution in [2.45, 2.75) is 0 Å². The predicted molar refractivity (Wildman–Crippen MR) is 165 cm³/mol.